The minimum absolute atomic E-state index is 0.150. The highest BCUT2D eigenvalue weighted by molar-refractivity contribution is 9.10. The summed E-state index contributed by atoms with van der Waals surface area (Å²) in [5.74, 6) is -0.571. The summed E-state index contributed by atoms with van der Waals surface area (Å²) in [5.41, 5.74) is 0.151. The Labute approximate surface area is 119 Å². The molecular formula is C11H12BrClO4S. The van der Waals surface area contributed by atoms with Gasteiger partial charge in [-0.25, -0.2) is 13.2 Å². The first-order chi connectivity index (χ1) is 8.25. The Morgan fingerprint density at radius 3 is 2.61 bits per heavy atom. The van der Waals surface area contributed by atoms with E-state index in [1.54, 1.807) is 6.92 Å². The molecule has 0 fully saturated rings. The van der Waals surface area contributed by atoms with Crippen molar-refractivity contribution in [1.29, 1.82) is 0 Å². The summed E-state index contributed by atoms with van der Waals surface area (Å²) in [5, 5.41) is 0. The second kappa shape index (κ2) is 6.04. The molecule has 18 heavy (non-hydrogen) atoms. The Morgan fingerprint density at radius 2 is 2.11 bits per heavy atom. The third-order valence-corrected chi connectivity index (χ3v) is 4.63. The zero-order valence-electron chi connectivity index (χ0n) is 9.81. The van der Waals surface area contributed by atoms with E-state index in [0.717, 1.165) is 0 Å². The largest absolute Gasteiger partial charge is 0.459 e. The molecule has 0 N–H and O–H groups in total. The van der Waals surface area contributed by atoms with Crippen LogP contribution in [0.1, 0.15) is 30.6 Å². The molecule has 0 amide bonds. The van der Waals surface area contributed by atoms with Crippen molar-refractivity contribution in [3.05, 3.63) is 28.2 Å². The molecule has 1 aromatic rings. The normalized spacial score (nSPS) is 13.1. The van der Waals surface area contributed by atoms with Crippen LogP contribution in [-0.4, -0.2) is 20.5 Å². The van der Waals surface area contributed by atoms with Gasteiger partial charge < -0.3 is 4.74 Å². The fraction of sp³-hybridized carbons (Fsp3) is 0.364. The topological polar surface area (TPSA) is 60.4 Å². The van der Waals surface area contributed by atoms with Gasteiger partial charge in [-0.05, 0) is 47.5 Å². The van der Waals surface area contributed by atoms with Crippen LogP contribution >= 0.6 is 26.6 Å². The first kappa shape index (κ1) is 15.5. The molecule has 7 heteroatoms. The van der Waals surface area contributed by atoms with Gasteiger partial charge in [0.25, 0.3) is 9.05 Å². The number of hydrogen-bond donors (Lipinski definition) is 0. The summed E-state index contributed by atoms with van der Waals surface area (Å²) in [6, 6.07) is 4.11. The molecule has 0 spiro atoms. The highest BCUT2D eigenvalue weighted by Gasteiger charge is 2.18. The Bertz CT molecular complexity index is 556. The van der Waals surface area contributed by atoms with Gasteiger partial charge in [0, 0.05) is 15.2 Å². The predicted molar refractivity (Wildman–Crippen MR) is 72.3 cm³/mol. The number of rotatable bonds is 4. The first-order valence-corrected chi connectivity index (χ1v) is 8.31. The van der Waals surface area contributed by atoms with E-state index in [9.17, 15) is 13.2 Å². The van der Waals surface area contributed by atoms with Crippen LogP contribution in [0.4, 0.5) is 0 Å². The molecule has 0 aromatic heterocycles. The lowest BCUT2D eigenvalue weighted by atomic mass is 10.2. The van der Waals surface area contributed by atoms with Gasteiger partial charge in [0.15, 0.2) is 0 Å². The molecule has 1 unspecified atom stereocenters. The number of carbonyl (C=O) groups is 1. The smallest absolute Gasteiger partial charge is 0.338 e. The SMILES string of the molecule is CCC(C)OC(=O)c1ccc(Br)c(S(=O)(=O)Cl)c1. The summed E-state index contributed by atoms with van der Waals surface area (Å²) >= 11 is 3.06. The van der Waals surface area contributed by atoms with Crippen molar-refractivity contribution in [2.75, 3.05) is 0 Å². The van der Waals surface area contributed by atoms with Crippen LogP contribution in [0.5, 0.6) is 0 Å². The predicted octanol–water partition coefficient (Wildman–Crippen LogP) is 3.33. The minimum atomic E-state index is -3.91. The maximum Gasteiger partial charge on any atom is 0.338 e. The van der Waals surface area contributed by atoms with E-state index in [4.69, 9.17) is 15.4 Å². The van der Waals surface area contributed by atoms with Crippen molar-refractivity contribution < 1.29 is 17.9 Å². The first-order valence-electron chi connectivity index (χ1n) is 5.21. The number of carbonyl (C=O) groups excluding carboxylic acids is 1. The molecular weight excluding hydrogens is 344 g/mol. The van der Waals surface area contributed by atoms with Crippen LogP contribution in [0, 0.1) is 0 Å². The van der Waals surface area contributed by atoms with Crippen LogP contribution in [0.2, 0.25) is 0 Å². The molecule has 0 aliphatic carbocycles. The zero-order valence-corrected chi connectivity index (χ0v) is 13.0. The van der Waals surface area contributed by atoms with Gasteiger partial charge in [-0.3, -0.25) is 0 Å². The second-order valence-electron chi connectivity index (χ2n) is 3.71. The molecule has 0 radical (unpaired) electrons. The van der Waals surface area contributed by atoms with Gasteiger partial charge in [0.1, 0.15) is 0 Å². The second-order valence-corrected chi connectivity index (χ2v) is 7.10. The summed E-state index contributed by atoms with van der Waals surface area (Å²) < 4.78 is 28.0. The summed E-state index contributed by atoms with van der Waals surface area (Å²) in [6.45, 7) is 3.64. The Hall–Kier alpha value is -0.590. The third-order valence-electron chi connectivity index (χ3n) is 2.31. The van der Waals surface area contributed by atoms with Crippen molar-refractivity contribution in [2.24, 2.45) is 0 Å². The van der Waals surface area contributed by atoms with Gasteiger partial charge in [-0.15, -0.1) is 0 Å². The number of benzene rings is 1. The molecule has 0 heterocycles. The lowest BCUT2D eigenvalue weighted by Crippen LogP contribution is -2.14. The van der Waals surface area contributed by atoms with Crippen LogP contribution in [-0.2, 0) is 13.8 Å². The van der Waals surface area contributed by atoms with E-state index >= 15 is 0 Å². The van der Waals surface area contributed by atoms with Gasteiger partial charge in [-0.1, -0.05) is 6.92 Å². The molecule has 0 bridgehead atoms. The van der Waals surface area contributed by atoms with Gasteiger partial charge in [-0.2, -0.15) is 0 Å². The lowest BCUT2D eigenvalue weighted by Gasteiger charge is -2.11. The monoisotopic (exact) mass is 354 g/mol. The molecule has 1 atom stereocenters. The molecule has 0 aliphatic rings. The van der Waals surface area contributed by atoms with Gasteiger partial charge >= 0.3 is 5.97 Å². The zero-order chi connectivity index (χ0) is 13.9. The van der Waals surface area contributed by atoms with Crippen molar-refractivity contribution in [1.82, 2.24) is 0 Å². The van der Waals surface area contributed by atoms with Crippen molar-refractivity contribution in [3.8, 4) is 0 Å². The quantitative estimate of drug-likeness (QED) is 0.614. The molecule has 0 aliphatic heterocycles. The minimum Gasteiger partial charge on any atom is -0.459 e. The van der Waals surface area contributed by atoms with Crippen molar-refractivity contribution >= 4 is 41.6 Å². The Morgan fingerprint density at radius 1 is 1.50 bits per heavy atom. The molecule has 4 nitrogen and oxygen atoms in total. The summed E-state index contributed by atoms with van der Waals surface area (Å²) in [4.78, 5) is 11.6. The van der Waals surface area contributed by atoms with E-state index in [-0.39, 0.29) is 16.6 Å². The lowest BCUT2D eigenvalue weighted by molar-refractivity contribution is 0.0334. The number of ether oxygens (including phenoxy) is 1. The van der Waals surface area contributed by atoms with Crippen LogP contribution in [0.3, 0.4) is 0 Å². The van der Waals surface area contributed by atoms with E-state index in [2.05, 4.69) is 15.9 Å². The molecule has 1 aromatic carbocycles. The van der Waals surface area contributed by atoms with E-state index in [1.807, 2.05) is 6.92 Å². The standard InChI is InChI=1S/C11H12BrClO4S/c1-3-7(2)17-11(14)8-4-5-9(12)10(6-8)18(13,15)16/h4-7H,3H2,1-2H3. The number of halogens is 2. The third kappa shape index (κ3) is 3.96. The number of hydrogen-bond acceptors (Lipinski definition) is 4. The molecule has 0 saturated heterocycles. The number of esters is 1. The maximum absolute atomic E-state index is 11.7. The highest BCUT2D eigenvalue weighted by Crippen LogP contribution is 2.26. The average molecular weight is 356 g/mol. The fourth-order valence-electron chi connectivity index (χ4n) is 1.15. The van der Waals surface area contributed by atoms with Gasteiger partial charge in [0.05, 0.1) is 16.6 Å². The summed E-state index contributed by atoms with van der Waals surface area (Å²) in [7, 11) is 1.36. The molecule has 100 valence electrons. The Kier molecular flexibility index (Phi) is 5.19. The maximum atomic E-state index is 11.7. The van der Waals surface area contributed by atoms with Crippen LogP contribution < -0.4 is 0 Å². The van der Waals surface area contributed by atoms with Crippen LogP contribution in [0.15, 0.2) is 27.6 Å². The Balaban J connectivity index is 3.10. The van der Waals surface area contributed by atoms with Crippen LogP contribution in [0.25, 0.3) is 0 Å². The van der Waals surface area contributed by atoms with E-state index in [1.165, 1.54) is 18.2 Å². The van der Waals surface area contributed by atoms with E-state index in [0.29, 0.717) is 10.9 Å². The molecule has 1 rings (SSSR count). The summed E-state index contributed by atoms with van der Waals surface area (Å²) in [6.07, 6.45) is 0.459. The average Bonchev–Trinajstić information content (AvgIpc) is 2.27. The van der Waals surface area contributed by atoms with Crippen molar-refractivity contribution in [2.45, 2.75) is 31.3 Å². The van der Waals surface area contributed by atoms with E-state index < -0.39 is 15.0 Å². The van der Waals surface area contributed by atoms with Gasteiger partial charge in [0.2, 0.25) is 0 Å². The van der Waals surface area contributed by atoms with Crippen molar-refractivity contribution in [3.63, 3.8) is 0 Å². The molecule has 0 saturated carbocycles. The highest BCUT2D eigenvalue weighted by atomic mass is 79.9. The fourth-order valence-corrected chi connectivity index (χ4v) is 3.27.